The maximum Gasteiger partial charge on any atom is 0.389 e. The van der Waals surface area contributed by atoms with Gasteiger partial charge in [-0.1, -0.05) is 22.7 Å². The second-order valence-electron chi connectivity index (χ2n) is 6.05. The third kappa shape index (κ3) is 7.48. The van der Waals surface area contributed by atoms with Crippen molar-refractivity contribution in [1.82, 2.24) is 14.8 Å². The topological polar surface area (TPSA) is 72.6 Å². The highest BCUT2D eigenvalue weighted by Gasteiger charge is 2.27. The van der Waals surface area contributed by atoms with Gasteiger partial charge in [-0.15, -0.1) is 6.42 Å². The van der Waals surface area contributed by atoms with Gasteiger partial charge in [-0.2, -0.15) is 30.0 Å². The average Bonchev–Trinajstić information content (AvgIpc) is 3.11. The van der Waals surface area contributed by atoms with Crippen molar-refractivity contribution < 1.29 is 22.8 Å². The fraction of sp³-hybridized carbons (Fsp3) is 0.368. The molecule has 0 radical (unpaired) electrons. The molecule has 2 rings (SSSR count). The summed E-state index contributed by atoms with van der Waals surface area (Å²) >= 11 is 7.38. The molecule has 7 nitrogen and oxygen atoms in total. The van der Waals surface area contributed by atoms with Crippen molar-refractivity contribution in [1.29, 1.82) is 0 Å². The summed E-state index contributed by atoms with van der Waals surface area (Å²) in [6.45, 7) is -0.126. The standard InChI is InChI=1S/C19H19ClF3N5O2S/c1-3-9-27(16-12-28(25-17(16)20)14-6-4-8-24-11-14)18(29)15(26-30-2)13-31-10-5-7-19(21,22)23/h1,4,6,8,11-12H,5,7,9-10,13H2,2H3. The maximum absolute atomic E-state index is 13.1. The van der Waals surface area contributed by atoms with Crippen molar-refractivity contribution in [2.75, 3.05) is 30.1 Å². The quantitative estimate of drug-likeness (QED) is 0.226. The van der Waals surface area contributed by atoms with Crippen LogP contribution >= 0.6 is 23.4 Å². The van der Waals surface area contributed by atoms with Gasteiger partial charge in [-0.25, -0.2) is 4.68 Å². The van der Waals surface area contributed by atoms with Crippen molar-refractivity contribution in [3.63, 3.8) is 0 Å². The van der Waals surface area contributed by atoms with Crippen LogP contribution in [0.1, 0.15) is 12.8 Å². The number of oxime groups is 1. The lowest BCUT2D eigenvalue weighted by Gasteiger charge is -2.19. The molecule has 2 heterocycles. The van der Waals surface area contributed by atoms with Gasteiger partial charge in [0.15, 0.2) is 10.9 Å². The van der Waals surface area contributed by atoms with E-state index in [0.717, 1.165) is 11.8 Å². The number of carbonyl (C=O) groups is 1. The lowest BCUT2D eigenvalue weighted by Crippen LogP contribution is -2.38. The fourth-order valence-electron chi connectivity index (χ4n) is 2.44. The van der Waals surface area contributed by atoms with Crippen LogP contribution in [0.4, 0.5) is 18.9 Å². The first-order valence-electron chi connectivity index (χ1n) is 8.92. The van der Waals surface area contributed by atoms with Crippen LogP contribution in [0.2, 0.25) is 5.15 Å². The Hall–Kier alpha value is -2.71. The van der Waals surface area contributed by atoms with Crippen molar-refractivity contribution >= 4 is 40.7 Å². The van der Waals surface area contributed by atoms with E-state index in [4.69, 9.17) is 22.9 Å². The Bertz CT molecular complexity index is 944. The monoisotopic (exact) mass is 473 g/mol. The van der Waals surface area contributed by atoms with Gasteiger partial charge in [0.05, 0.1) is 24.6 Å². The number of thioether (sulfide) groups is 1. The summed E-state index contributed by atoms with van der Waals surface area (Å²) in [5, 5.41) is 7.93. The predicted molar refractivity (Wildman–Crippen MR) is 115 cm³/mol. The summed E-state index contributed by atoms with van der Waals surface area (Å²) in [6, 6.07) is 3.47. The molecule has 0 saturated carbocycles. The summed E-state index contributed by atoms with van der Waals surface area (Å²) in [5.74, 6) is 2.04. The van der Waals surface area contributed by atoms with E-state index in [2.05, 4.69) is 21.2 Å². The Kier molecular flexibility index (Phi) is 9.21. The van der Waals surface area contributed by atoms with E-state index >= 15 is 0 Å². The van der Waals surface area contributed by atoms with Gasteiger partial charge >= 0.3 is 6.18 Å². The molecule has 0 unspecified atom stereocenters. The first-order valence-corrected chi connectivity index (χ1v) is 10.5. The summed E-state index contributed by atoms with van der Waals surface area (Å²) in [6.07, 6.45) is 4.93. The largest absolute Gasteiger partial charge is 0.399 e. The minimum Gasteiger partial charge on any atom is -0.399 e. The van der Waals surface area contributed by atoms with Crippen molar-refractivity contribution in [2.45, 2.75) is 19.0 Å². The molecule has 0 atom stereocenters. The molecule has 166 valence electrons. The zero-order valence-corrected chi connectivity index (χ0v) is 18.0. The Morgan fingerprint density at radius 3 is 2.87 bits per heavy atom. The highest BCUT2D eigenvalue weighted by atomic mass is 35.5. The van der Waals surface area contributed by atoms with Gasteiger partial charge in [0.1, 0.15) is 12.8 Å². The SMILES string of the molecule is C#CCN(C(=O)C(CSCCCC(F)(F)F)=NOC)c1cn(-c2cccnc2)nc1Cl. The summed E-state index contributed by atoms with van der Waals surface area (Å²) in [7, 11) is 1.26. The summed E-state index contributed by atoms with van der Waals surface area (Å²) in [4.78, 5) is 23.0. The number of amides is 1. The normalized spacial score (nSPS) is 11.8. The number of nitrogens with zero attached hydrogens (tertiary/aromatic N) is 5. The van der Waals surface area contributed by atoms with E-state index in [1.54, 1.807) is 24.5 Å². The van der Waals surface area contributed by atoms with Crippen LogP contribution in [0.25, 0.3) is 5.69 Å². The number of anilines is 1. The van der Waals surface area contributed by atoms with Crippen molar-refractivity contribution in [3.8, 4) is 18.0 Å². The molecule has 1 amide bonds. The second kappa shape index (κ2) is 11.6. The van der Waals surface area contributed by atoms with Gasteiger partial charge in [0.2, 0.25) is 0 Å². The van der Waals surface area contributed by atoms with E-state index < -0.39 is 18.5 Å². The zero-order chi connectivity index (χ0) is 22.9. The Balaban J connectivity index is 2.16. The number of halogens is 4. The molecule has 0 saturated heterocycles. The molecule has 0 fully saturated rings. The van der Waals surface area contributed by atoms with Crippen LogP contribution in [0.15, 0.2) is 35.9 Å². The van der Waals surface area contributed by atoms with E-state index in [1.807, 2.05) is 0 Å². The number of hydrogen-bond acceptors (Lipinski definition) is 6. The molecule has 0 bridgehead atoms. The fourth-order valence-corrected chi connectivity index (χ4v) is 3.54. The van der Waals surface area contributed by atoms with Gasteiger partial charge in [-0.3, -0.25) is 14.7 Å². The third-order valence-electron chi connectivity index (χ3n) is 3.78. The Morgan fingerprint density at radius 1 is 1.48 bits per heavy atom. The molecule has 0 spiro atoms. The number of aromatic nitrogens is 3. The smallest absolute Gasteiger partial charge is 0.389 e. The second-order valence-corrected chi connectivity index (χ2v) is 7.51. The molecule has 0 aliphatic rings. The molecule has 0 aliphatic heterocycles. The number of pyridine rings is 1. The van der Waals surface area contributed by atoms with Gasteiger partial charge in [0.25, 0.3) is 5.91 Å². The lowest BCUT2D eigenvalue weighted by molar-refractivity contribution is -0.134. The van der Waals surface area contributed by atoms with Gasteiger partial charge < -0.3 is 4.84 Å². The highest BCUT2D eigenvalue weighted by Crippen LogP contribution is 2.27. The molecule has 0 aromatic carbocycles. The van der Waals surface area contributed by atoms with Crippen LogP contribution in [-0.2, 0) is 9.63 Å². The number of alkyl halides is 3. The summed E-state index contributed by atoms with van der Waals surface area (Å²) in [5.41, 5.74) is 0.856. The summed E-state index contributed by atoms with van der Waals surface area (Å²) < 4.78 is 38.3. The van der Waals surface area contributed by atoms with E-state index in [-0.39, 0.29) is 41.0 Å². The minimum atomic E-state index is -4.21. The zero-order valence-electron chi connectivity index (χ0n) is 16.5. The lowest BCUT2D eigenvalue weighted by atomic mass is 10.3. The third-order valence-corrected chi connectivity index (χ3v) is 5.11. The number of terminal acetylenes is 1. The molecule has 2 aromatic heterocycles. The van der Waals surface area contributed by atoms with Crippen LogP contribution in [0.5, 0.6) is 0 Å². The van der Waals surface area contributed by atoms with Crippen LogP contribution in [0.3, 0.4) is 0 Å². The van der Waals surface area contributed by atoms with Crippen molar-refractivity contribution in [3.05, 3.63) is 35.9 Å². The first-order chi connectivity index (χ1) is 14.8. The van der Waals surface area contributed by atoms with E-state index in [0.29, 0.717) is 5.69 Å². The van der Waals surface area contributed by atoms with Crippen LogP contribution in [-0.4, -0.2) is 57.7 Å². The Morgan fingerprint density at radius 2 is 2.26 bits per heavy atom. The first kappa shape index (κ1) is 24.6. The molecule has 2 aromatic rings. The maximum atomic E-state index is 13.1. The number of rotatable bonds is 10. The van der Waals surface area contributed by atoms with E-state index in [9.17, 15) is 18.0 Å². The molecule has 31 heavy (non-hydrogen) atoms. The molecular weight excluding hydrogens is 455 g/mol. The van der Waals surface area contributed by atoms with Gasteiger partial charge in [-0.05, 0) is 24.3 Å². The molecule has 12 heteroatoms. The van der Waals surface area contributed by atoms with Crippen molar-refractivity contribution in [2.24, 2.45) is 5.16 Å². The highest BCUT2D eigenvalue weighted by molar-refractivity contribution is 8.00. The molecule has 0 N–H and O–H groups in total. The molecule has 0 aliphatic carbocycles. The number of carbonyl (C=O) groups excluding carboxylic acids is 1. The van der Waals surface area contributed by atoms with Crippen LogP contribution in [0, 0.1) is 12.3 Å². The van der Waals surface area contributed by atoms with Gasteiger partial charge in [0, 0.05) is 18.4 Å². The molecular formula is C19H19ClF3N5O2S. The Labute approximate surface area is 186 Å². The minimum absolute atomic E-state index is 0.0139. The average molecular weight is 474 g/mol. The van der Waals surface area contributed by atoms with E-state index in [1.165, 1.54) is 22.9 Å². The van der Waals surface area contributed by atoms with Crippen LogP contribution < -0.4 is 4.90 Å². The predicted octanol–water partition coefficient (Wildman–Crippen LogP) is 3.97. The number of hydrogen-bond donors (Lipinski definition) is 0.